The lowest BCUT2D eigenvalue weighted by atomic mass is 9.87. The molecule has 0 atom stereocenters. The Morgan fingerprint density at radius 1 is 0.957 bits per heavy atom. The minimum Gasteiger partial charge on any atom is -0.422 e. The predicted octanol–water partition coefficient (Wildman–Crippen LogP) is 4.71. The van der Waals surface area contributed by atoms with E-state index >= 15 is 0 Å². The van der Waals surface area contributed by atoms with Crippen molar-refractivity contribution in [2.75, 3.05) is 0 Å². The van der Waals surface area contributed by atoms with E-state index < -0.39 is 5.97 Å². The van der Waals surface area contributed by atoms with Crippen LogP contribution in [0.5, 0.6) is 5.75 Å². The van der Waals surface area contributed by atoms with Gasteiger partial charge in [0.2, 0.25) is 0 Å². The van der Waals surface area contributed by atoms with Gasteiger partial charge in [0.05, 0.1) is 11.1 Å². The van der Waals surface area contributed by atoms with Crippen LogP contribution in [0.2, 0.25) is 0 Å². The minimum absolute atomic E-state index is 0.0290. The van der Waals surface area contributed by atoms with Gasteiger partial charge in [-0.3, -0.25) is 4.79 Å². The smallest absolute Gasteiger partial charge is 0.343 e. The van der Waals surface area contributed by atoms with E-state index in [1.807, 2.05) is 25.1 Å². The highest BCUT2D eigenvalue weighted by molar-refractivity contribution is 5.99. The van der Waals surface area contributed by atoms with Crippen LogP contribution < -0.4 is 4.74 Å². The molecule has 0 heterocycles. The van der Waals surface area contributed by atoms with Crippen LogP contribution >= 0.6 is 0 Å². The molecule has 0 unspecified atom stereocenters. The van der Waals surface area contributed by atoms with Crippen molar-refractivity contribution in [3.63, 3.8) is 0 Å². The second kappa shape index (κ2) is 6.37. The summed E-state index contributed by atoms with van der Waals surface area (Å²) in [5.41, 5.74) is 3.01. The molecule has 0 N–H and O–H groups in total. The molecule has 0 aliphatic heterocycles. The molecule has 0 fully saturated rings. The van der Waals surface area contributed by atoms with Gasteiger partial charge in [-0.15, -0.1) is 0 Å². The van der Waals surface area contributed by atoms with E-state index in [1.165, 1.54) is 6.92 Å². The summed E-state index contributed by atoms with van der Waals surface area (Å²) in [6.07, 6.45) is 0. The average Bonchev–Trinajstić information content (AvgIpc) is 2.48. The number of benzene rings is 2. The van der Waals surface area contributed by atoms with Gasteiger partial charge < -0.3 is 4.74 Å². The fraction of sp³-hybridized carbons (Fsp3) is 0.300. The predicted molar refractivity (Wildman–Crippen MR) is 91.3 cm³/mol. The highest BCUT2D eigenvalue weighted by Crippen LogP contribution is 2.24. The molecule has 0 saturated heterocycles. The molecule has 0 saturated carbocycles. The average molecular weight is 310 g/mol. The molecule has 0 amide bonds. The van der Waals surface area contributed by atoms with Gasteiger partial charge in [-0.05, 0) is 49.1 Å². The van der Waals surface area contributed by atoms with E-state index in [1.54, 1.807) is 24.3 Å². The van der Waals surface area contributed by atoms with E-state index in [4.69, 9.17) is 4.74 Å². The van der Waals surface area contributed by atoms with Crippen molar-refractivity contribution in [3.05, 3.63) is 64.7 Å². The van der Waals surface area contributed by atoms with Crippen LogP contribution in [0.25, 0.3) is 0 Å². The Morgan fingerprint density at radius 3 is 2.09 bits per heavy atom. The molecule has 0 aliphatic rings. The van der Waals surface area contributed by atoms with Gasteiger partial charge in [0.1, 0.15) is 5.75 Å². The zero-order valence-corrected chi connectivity index (χ0v) is 14.3. The second-order valence-corrected chi connectivity index (χ2v) is 6.77. The van der Waals surface area contributed by atoms with E-state index in [0.29, 0.717) is 16.9 Å². The first kappa shape index (κ1) is 16.9. The molecule has 0 aliphatic carbocycles. The summed E-state index contributed by atoms with van der Waals surface area (Å²) in [7, 11) is 0. The maximum absolute atomic E-state index is 12.3. The topological polar surface area (TPSA) is 43.4 Å². The van der Waals surface area contributed by atoms with Crippen molar-refractivity contribution in [1.82, 2.24) is 0 Å². The van der Waals surface area contributed by atoms with Crippen LogP contribution in [-0.4, -0.2) is 11.8 Å². The summed E-state index contributed by atoms with van der Waals surface area (Å²) < 4.78 is 5.41. The summed E-state index contributed by atoms with van der Waals surface area (Å²) in [5.74, 6) is -0.288. The maximum atomic E-state index is 12.3. The van der Waals surface area contributed by atoms with Crippen molar-refractivity contribution < 1.29 is 14.3 Å². The van der Waals surface area contributed by atoms with Crippen molar-refractivity contribution >= 4 is 11.8 Å². The van der Waals surface area contributed by atoms with Crippen LogP contribution in [0.3, 0.4) is 0 Å². The van der Waals surface area contributed by atoms with Gasteiger partial charge in [-0.1, -0.05) is 44.5 Å². The van der Waals surface area contributed by atoms with Crippen LogP contribution in [0, 0.1) is 6.92 Å². The molecule has 0 spiro atoms. The molecular formula is C20H22O3. The fourth-order valence-electron chi connectivity index (χ4n) is 2.27. The maximum Gasteiger partial charge on any atom is 0.343 e. The number of ether oxygens (including phenoxy) is 1. The van der Waals surface area contributed by atoms with Crippen LogP contribution in [0.1, 0.15) is 59.5 Å². The molecule has 2 aromatic rings. The van der Waals surface area contributed by atoms with Crippen molar-refractivity contribution in [2.24, 2.45) is 0 Å². The Balaban J connectivity index is 2.24. The van der Waals surface area contributed by atoms with E-state index in [-0.39, 0.29) is 11.2 Å². The lowest BCUT2D eigenvalue weighted by Gasteiger charge is -2.19. The lowest BCUT2D eigenvalue weighted by molar-refractivity contribution is 0.0732. The number of esters is 1. The number of hydrogen-bond donors (Lipinski definition) is 0. The molecule has 2 aromatic carbocycles. The lowest BCUT2D eigenvalue weighted by Crippen LogP contribution is -2.13. The molecule has 0 aromatic heterocycles. The third kappa shape index (κ3) is 4.07. The Kier molecular flexibility index (Phi) is 4.69. The third-order valence-corrected chi connectivity index (χ3v) is 3.70. The van der Waals surface area contributed by atoms with E-state index in [2.05, 4.69) is 20.8 Å². The normalized spacial score (nSPS) is 11.2. The molecule has 120 valence electrons. The first-order valence-electron chi connectivity index (χ1n) is 7.63. The Bertz CT molecular complexity index is 734. The van der Waals surface area contributed by atoms with Crippen LogP contribution in [0.4, 0.5) is 0 Å². The van der Waals surface area contributed by atoms with Crippen LogP contribution in [0.15, 0.2) is 42.5 Å². The van der Waals surface area contributed by atoms with E-state index in [9.17, 15) is 9.59 Å². The number of Topliss-reactive ketones (excluding diaryl/α,β-unsaturated/α-hetero) is 1. The summed E-state index contributed by atoms with van der Waals surface area (Å²) in [5, 5.41) is 0. The zero-order chi connectivity index (χ0) is 17.2. The number of carbonyl (C=O) groups excluding carboxylic acids is 2. The molecular weight excluding hydrogens is 288 g/mol. The zero-order valence-electron chi connectivity index (χ0n) is 14.3. The molecule has 3 heteroatoms. The van der Waals surface area contributed by atoms with Gasteiger partial charge in [0.25, 0.3) is 0 Å². The monoisotopic (exact) mass is 310 g/mol. The van der Waals surface area contributed by atoms with E-state index in [0.717, 1.165) is 11.1 Å². The first-order chi connectivity index (χ1) is 10.7. The largest absolute Gasteiger partial charge is 0.422 e. The van der Waals surface area contributed by atoms with Gasteiger partial charge >= 0.3 is 5.97 Å². The summed E-state index contributed by atoms with van der Waals surface area (Å²) >= 11 is 0. The summed E-state index contributed by atoms with van der Waals surface area (Å²) in [4.78, 5) is 24.0. The standard InChI is InChI=1S/C20H22O3/c1-13-6-11-18(17(12-13)14(2)21)23-19(22)15-7-9-16(10-8-15)20(3,4)5/h6-12H,1-5H3. The van der Waals surface area contributed by atoms with Gasteiger partial charge in [0, 0.05) is 0 Å². The van der Waals surface area contributed by atoms with Gasteiger partial charge in [-0.2, -0.15) is 0 Å². The Labute approximate surface area is 137 Å². The number of aryl methyl sites for hydroxylation is 1. The quantitative estimate of drug-likeness (QED) is 0.468. The van der Waals surface area contributed by atoms with Gasteiger partial charge in [0.15, 0.2) is 5.78 Å². The summed E-state index contributed by atoms with van der Waals surface area (Å²) in [6.45, 7) is 9.71. The van der Waals surface area contributed by atoms with Crippen LogP contribution in [-0.2, 0) is 5.41 Å². The number of hydrogen-bond acceptors (Lipinski definition) is 3. The Morgan fingerprint density at radius 2 is 1.57 bits per heavy atom. The fourth-order valence-corrected chi connectivity index (χ4v) is 2.27. The van der Waals surface area contributed by atoms with Crippen molar-refractivity contribution in [1.29, 1.82) is 0 Å². The SMILES string of the molecule is CC(=O)c1cc(C)ccc1OC(=O)c1ccc(C(C)(C)C)cc1. The molecule has 3 nitrogen and oxygen atoms in total. The highest BCUT2D eigenvalue weighted by atomic mass is 16.5. The van der Waals surface area contributed by atoms with Crippen molar-refractivity contribution in [2.45, 2.75) is 40.0 Å². The molecule has 0 radical (unpaired) electrons. The van der Waals surface area contributed by atoms with Crippen molar-refractivity contribution in [3.8, 4) is 5.75 Å². The second-order valence-electron chi connectivity index (χ2n) is 6.77. The first-order valence-corrected chi connectivity index (χ1v) is 7.63. The summed E-state index contributed by atoms with van der Waals surface area (Å²) in [6, 6.07) is 12.6. The van der Waals surface area contributed by atoms with Gasteiger partial charge in [-0.25, -0.2) is 4.79 Å². The number of rotatable bonds is 3. The molecule has 23 heavy (non-hydrogen) atoms. The number of ketones is 1. The third-order valence-electron chi connectivity index (χ3n) is 3.70. The Hall–Kier alpha value is -2.42. The number of carbonyl (C=O) groups is 2. The molecule has 2 rings (SSSR count). The minimum atomic E-state index is -0.461. The highest BCUT2D eigenvalue weighted by Gasteiger charge is 2.17. The molecule has 0 bridgehead atoms.